The lowest BCUT2D eigenvalue weighted by Crippen LogP contribution is -2.54. The van der Waals surface area contributed by atoms with E-state index >= 15 is 0 Å². The Morgan fingerprint density at radius 2 is 1.44 bits per heavy atom. The molecule has 0 amide bonds. The van der Waals surface area contributed by atoms with Crippen molar-refractivity contribution < 1.29 is 0 Å². The van der Waals surface area contributed by atoms with E-state index in [-0.39, 0.29) is 0 Å². The third-order valence-electron chi connectivity index (χ3n) is 8.67. The van der Waals surface area contributed by atoms with E-state index in [1.54, 1.807) is 0 Å². The van der Waals surface area contributed by atoms with E-state index in [0.717, 1.165) is 29.6 Å². The van der Waals surface area contributed by atoms with Crippen molar-refractivity contribution in [2.24, 2.45) is 45.8 Å². The summed E-state index contributed by atoms with van der Waals surface area (Å²) >= 11 is 0. The quantitative estimate of drug-likeness (QED) is 0.596. The molecule has 7 atom stereocenters. The molecule has 0 aromatic heterocycles. The van der Waals surface area contributed by atoms with E-state index in [9.17, 15) is 0 Å². The smallest absolute Gasteiger partial charge is 0.0187 e. The van der Waals surface area contributed by atoms with Gasteiger partial charge >= 0.3 is 0 Å². The van der Waals surface area contributed by atoms with Gasteiger partial charge in [0.2, 0.25) is 0 Å². The van der Waals surface area contributed by atoms with Gasteiger partial charge in [0.05, 0.1) is 0 Å². The van der Waals surface area contributed by atoms with E-state index in [2.05, 4.69) is 62.3 Å². The molecule has 0 aromatic carbocycles. The van der Waals surface area contributed by atoms with Gasteiger partial charge in [-0.05, 0) is 45.8 Å². The van der Waals surface area contributed by atoms with Crippen LogP contribution in [0.15, 0.2) is 0 Å². The molecular formula is C18H34. The van der Waals surface area contributed by atoms with E-state index < -0.39 is 0 Å². The number of hydrogen-bond acceptors (Lipinski definition) is 0. The monoisotopic (exact) mass is 250 g/mol. The van der Waals surface area contributed by atoms with Crippen molar-refractivity contribution in [1.29, 1.82) is 0 Å². The highest BCUT2D eigenvalue weighted by Crippen LogP contribution is 2.80. The summed E-state index contributed by atoms with van der Waals surface area (Å²) in [7, 11) is 0. The maximum Gasteiger partial charge on any atom is -0.0187 e. The Morgan fingerprint density at radius 1 is 0.944 bits per heavy atom. The first-order valence-corrected chi connectivity index (χ1v) is 8.08. The molecule has 0 spiro atoms. The van der Waals surface area contributed by atoms with Crippen molar-refractivity contribution in [2.45, 2.75) is 68.7 Å². The van der Waals surface area contributed by atoms with Gasteiger partial charge in [-0.3, -0.25) is 0 Å². The van der Waals surface area contributed by atoms with Gasteiger partial charge in [-0.1, -0.05) is 68.7 Å². The van der Waals surface area contributed by atoms with Gasteiger partial charge in [-0.15, -0.1) is 0 Å². The summed E-state index contributed by atoms with van der Waals surface area (Å²) in [6, 6.07) is 0. The molecule has 0 radical (unpaired) electrons. The normalized spacial score (nSPS) is 55.8. The second-order valence-corrected chi connectivity index (χ2v) is 8.48. The molecule has 2 aliphatic carbocycles. The minimum Gasteiger partial charge on any atom is -0.0651 e. The molecule has 2 rings (SSSR count). The van der Waals surface area contributed by atoms with Crippen molar-refractivity contribution in [3.63, 3.8) is 0 Å². The number of fused-ring (bicyclic) bond motifs is 2. The third kappa shape index (κ3) is 1.15. The fourth-order valence-electron chi connectivity index (χ4n) is 6.94. The topological polar surface area (TPSA) is 0 Å². The molecule has 18 heavy (non-hydrogen) atoms. The first-order valence-electron chi connectivity index (χ1n) is 8.08. The molecule has 0 N–H and O–H groups in total. The first-order chi connectivity index (χ1) is 8.08. The molecule has 2 bridgehead atoms. The Balaban J connectivity index is 2.62. The van der Waals surface area contributed by atoms with E-state index in [0.29, 0.717) is 16.2 Å². The van der Waals surface area contributed by atoms with Crippen LogP contribution in [0.1, 0.15) is 68.7 Å². The Hall–Kier alpha value is 0. The molecule has 2 aliphatic rings. The van der Waals surface area contributed by atoms with Crippen LogP contribution in [0.2, 0.25) is 0 Å². The Labute approximate surface area is 115 Å². The summed E-state index contributed by atoms with van der Waals surface area (Å²) in [6.45, 7) is 22.8. The number of hydrogen-bond donors (Lipinski definition) is 0. The van der Waals surface area contributed by atoms with Gasteiger partial charge in [0.25, 0.3) is 0 Å². The summed E-state index contributed by atoms with van der Waals surface area (Å²) in [5.74, 6) is 4.34. The highest BCUT2D eigenvalue weighted by atomic mass is 14.8. The summed E-state index contributed by atoms with van der Waals surface area (Å²) in [4.78, 5) is 0. The zero-order valence-corrected chi connectivity index (χ0v) is 14.1. The van der Waals surface area contributed by atoms with Crippen LogP contribution in [0.25, 0.3) is 0 Å². The second-order valence-electron chi connectivity index (χ2n) is 8.48. The highest BCUT2D eigenvalue weighted by Gasteiger charge is 2.75. The Bertz CT molecular complexity index is 342. The Morgan fingerprint density at radius 3 is 1.83 bits per heavy atom. The van der Waals surface area contributed by atoms with Crippen molar-refractivity contribution >= 4 is 0 Å². The van der Waals surface area contributed by atoms with Crippen LogP contribution in [-0.4, -0.2) is 0 Å². The maximum absolute atomic E-state index is 2.61. The lowest BCUT2D eigenvalue weighted by atomic mass is 9.44. The van der Waals surface area contributed by atoms with Crippen LogP contribution >= 0.6 is 0 Å². The molecule has 2 saturated carbocycles. The van der Waals surface area contributed by atoms with Crippen LogP contribution in [0, 0.1) is 45.8 Å². The standard InChI is InChI=1S/C18H34/c1-10-11(2)18(9)16(6,7)15-12(3)13(4)17(18,8)14(15)5/h11-15H,10H2,1-9H3. The number of rotatable bonds is 2. The molecule has 0 aliphatic heterocycles. The summed E-state index contributed by atoms with van der Waals surface area (Å²) in [5, 5.41) is 0. The Kier molecular flexibility index (Phi) is 3.01. The largest absolute Gasteiger partial charge is 0.0651 e. The molecule has 0 nitrogen and oxygen atoms in total. The van der Waals surface area contributed by atoms with Crippen molar-refractivity contribution in [3.8, 4) is 0 Å². The lowest BCUT2D eigenvalue weighted by molar-refractivity contribution is -0.123. The summed E-state index contributed by atoms with van der Waals surface area (Å²) < 4.78 is 0. The predicted molar refractivity (Wildman–Crippen MR) is 80.4 cm³/mol. The van der Waals surface area contributed by atoms with Crippen LogP contribution in [0.3, 0.4) is 0 Å². The van der Waals surface area contributed by atoms with E-state index in [1.165, 1.54) is 6.42 Å². The molecule has 0 heterocycles. The minimum absolute atomic E-state index is 0.475. The zero-order chi connectivity index (χ0) is 14.1. The van der Waals surface area contributed by atoms with Crippen LogP contribution in [-0.2, 0) is 0 Å². The van der Waals surface area contributed by atoms with Crippen LogP contribution < -0.4 is 0 Å². The van der Waals surface area contributed by atoms with Crippen molar-refractivity contribution in [3.05, 3.63) is 0 Å². The SMILES string of the molecule is CCC(C)C1(C)C(C)(C)C2C(C)C(C)C1(C)C2C. The molecule has 106 valence electrons. The fourth-order valence-corrected chi connectivity index (χ4v) is 6.94. The van der Waals surface area contributed by atoms with Crippen molar-refractivity contribution in [2.75, 3.05) is 0 Å². The van der Waals surface area contributed by atoms with Gasteiger partial charge in [0, 0.05) is 0 Å². The third-order valence-corrected chi connectivity index (χ3v) is 8.67. The predicted octanol–water partition coefficient (Wildman–Crippen LogP) is 5.62. The molecule has 0 saturated heterocycles. The lowest BCUT2D eigenvalue weighted by Gasteiger charge is -2.60. The van der Waals surface area contributed by atoms with Gasteiger partial charge in [0.1, 0.15) is 0 Å². The summed E-state index contributed by atoms with van der Waals surface area (Å²) in [6.07, 6.45) is 1.32. The molecule has 7 unspecified atom stereocenters. The van der Waals surface area contributed by atoms with Crippen LogP contribution in [0.5, 0.6) is 0 Å². The second kappa shape index (κ2) is 3.76. The zero-order valence-electron chi connectivity index (χ0n) is 14.1. The van der Waals surface area contributed by atoms with Gasteiger partial charge in [-0.25, -0.2) is 0 Å². The van der Waals surface area contributed by atoms with Crippen LogP contribution in [0.4, 0.5) is 0 Å². The molecule has 0 heteroatoms. The average molecular weight is 250 g/mol. The fraction of sp³-hybridized carbons (Fsp3) is 1.00. The molecule has 2 fully saturated rings. The first kappa shape index (κ1) is 14.4. The van der Waals surface area contributed by atoms with E-state index in [4.69, 9.17) is 0 Å². The maximum atomic E-state index is 2.61. The van der Waals surface area contributed by atoms with Gasteiger partial charge in [-0.2, -0.15) is 0 Å². The van der Waals surface area contributed by atoms with Gasteiger partial charge in [0.15, 0.2) is 0 Å². The minimum atomic E-state index is 0.475. The highest BCUT2D eigenvalue weighted by molar-refractivity contribution is 5.22. The summed E-state index contributed by atoms with van der Waals surface area (Å²) in [5.41, 5.74) is 1.46. The van der Waals surface area contributed by atoms with Crippen molar-refractivity contribution in [1.82, 2.24) is 0 Å². The van der Waals surface area contributed by atoms with E-state index in [1.807, 2.05) is 0 Å². The average Bonchev–Trinajstić information content (AvgIpc) is 2.55. The molecule has 0 aromatic rings. The van der Waals surface area contributed by atoms with Gasteiger partial charge < -0.3 is 0 Å². The molecular weight excluding hydrogens is 216 g/mol.